The van der Waals surface area contributed by atoms with Crippen molar-refractivity contribution in [3.05, 3.63) is 24.3 Å². The van der Waals surface area contributed by atoms with E-state index in [1.54, 1.807) is 12.1 Å². The second kappa shape index (κ2) is 5.33. The molecule has 0 aromatic heterocycles. The topological polar surface area (TPSA) is 109 Å². The summed E-state index contributed by atoms with van der Waals surface area (Å²) < 4.78 is 22.2. The molecule has 4 N–H and O–H groups in total. The Kier molecular flexibility index (Phi) is 3.95. The normalized spacial score (nSPS) is 28.1. The molecule has 0 spiro atoms. The summed E-state index contributed by atoms with van der Waals surface area (Å²) in [6, 6.07) is 6.43. The maximum atomic E-state index is 11.1. The Bertz CT molecular complexity index is 559. The fourth-order valence-electron chi connectivity index (χ4n) is 1.90. The van der Waals surface area contributed by atoms with Crippen molar-refractivity contribution in [2.24, 2.45) is 15.4 Å². The molecule has 2 atom stereocenters. The highest BCUT2D eigenvalue weighted by Crippen LogP contribution is 2.18. The van der Waals surface area contributed by atoms with Gasteiger partial charge in [-0.25, -0.2) is 13.6 Å². The van der Waals surface area contributed by atoms with E-state index in [4.69, 9.17) is 5.14 Å². The minimum absolute atomic E-state index is 0.0397. The second-order valence-electron chi connectivity index (χ2n) is 4.61. The van der Waals surface area contributed by atoms with Gasteiger partial charge in [0.25, 0.3) is 0 Å². The van der Waals surface area contributed by atoms with Crippen molar-refractivity contribution in [2.45, 2.75) is 36.9 Å². The second-order valence-corrected chi connectivity index (χ2v) is 6.17. The zero-order valence-electron chi connectivity index (χ0n) is 10.7. The number of nitrogens with one attached hydrogen (secondary N) is 2. The molecular formula is C11H17N5O2S. The number of hydrogen-bond acceptors (Lipinski definition) is 6. The van der Waals surface area contributed by atoms with E-state index in [0.29, 0.717) is 5.69 Å². The van der Waals surface area contributed by atoms with Crippen LogP contribution in [0.3, 0.4) is 0 Å². The first-order valence-corrected chi connectivity index (χ1v) is 7.47. The van der Waals surface area contributed by atoms with Crippen LogP contribution >= 0.6 is 0 Å². The molecule has 19 heavy (non-hydrogen) atoms. The van der Waals surface area contributed by atoms with Gasteiger partial charge in [0.15, 0.2) is 0 Å². The maximum absolute atomic E-state index is 11.1. The molecule has 104 valence electrons. The maximum Gasteiger partial charge on any atom is 0.238 e. The molecule has 1 aliphatic heterocycles. The summed E-state index contributed by atoms with van der Waals surface area (Å²) in [5.41, 5.74) is 6.77. The first-order valence-electron chi connectivity index (χ1n) is 5.93. The van der Waals surface area contributed by atoms with Gasteiger partial charge < -0.3 is 0 Å². The van der Waals surface area contributed by atoms with Crippen LogP contribution in [0.5, 0.6) is 0 Å². The van der Waals surface area contributed by atoms with Crippen LogP contribution in [0.15, 0.2) is 39.4 Å². The molecule has 1 aromatic rings. The van der Waals surface area contributed by atoms with Gasteiger partial charge in [-0.2, -0.15) is 10.2 Å². The summed E-state index contributed by atoms with van der Waals surface area (Å²) in [6.07, 6.45) is 0. The van der Waals surface area contributed by atoms with Crippen molar-refractivity contribution in [1.29, 1.82) is 0 Å². The lowest BCUT2D eigenvalue weighted by atomic mass is 10.1. The zero-order chi connectivity index (χ0) is 14.0. The summed E-state index contributed by atoms with van der Waals surface area (Å²) in [6.45, 7) is 4.04. The van der Waals surface area contributed by atoms with Gasteiger partial charge >= 0.3 is 0 Å². The molecule has 0 amide bonds. The Balaban J connectivity index is 2.12. The molecule has 1 fully saturated rings. The third kappa shape index (κ3) is 3.35. The van der Waals surface area contributed by atoms with E-state index in [1.807, 2.05) is 13.8 Å². The van der Waals surface area contributed by atoms with Crippen LogP contribution in [0.1, 0.15) is 13.8 Å². The van der Waals surface area contributed by atoms with Gasteiger partial charge in [-0.1, -0.05) is 0 Å². The van der Waals surface area contributed by atoms with Gasteiger partial charge in [-0.05, 0) is 38.1 Å². The van der Waals surface area contributed by atoms with E-state index >= 15 is 0 Å². The predicted octanol–water partition coefficient (Wildman–Crippen LogP) is 0.671. The van der Waals surface area contributed by atoms with E-state index < -0.39 is 10.0 Å². The van der Waals surface area contributed by atoms with E-state index in [1.165, 1.54) is 12.1 Å². The number of nitrogens with two attached hydrogens (primary N) is 1. The number of nitrogens with zero attached hydrogens (tertiary/aromatic N) is 2. The van der Waals surface area contributed by atoms with Crippen LogP contribution in [0.4, 0.5) is 5.69 Å². The number of hydrogen-bond donors (Lipinski definition) is 3. The van der Waals surface area contributed by atoms with Crippen molar-refractivity contribution in [3.8, 4) is 0 Å². The van der Waals surface area contributed by atoms with Gasteiger partial charge in [0, 0.05) is 12.1 Å². The summed E-state index contributed by atoms with van der Waals surface area (Å²) in [5, 5.41) is 13.4. The Labute approximate surface area is 112 Å². The van der Waals surface area contributed by atoms with E-state index in [0.717, 1.165) is 0 Å². The Morgan fingerprint density at radius 1 is 1.11 bits per heavy atom. The molecule has 2 rings (SSSR count). The van der Waals surface area contributed by atoms with Crippen LogP contribution < -0.4 is 16.0 Å². The molecule has 1 aromatic carbocycles. The molecule has 0 saturated carbocycles. The lowest BCUT2D eigenvalue weighted by molar-refractivity contribution is 0.546. The minimum Gasteiger partial charge on any atom is -0.252 e. The van der Waals surface area contributed by atoms with Crippen molar-refractivity contribution in [3.63, 3.8) is 0 Å². The average Bonchev–Trinajstić information content (AvgIpc) is 2.66. The van der Waals surface area contributed by atoms with Crippen molar-refractivity contribution in [1.82, 2.24) is 10.9 Å². The van der Waals surface area contributed by atoms with Gasteiger partial charge in [0.1, 0.15) is 6.04 Å². The van der Waals surface area contributed by atoms with Gasteiger partial charge in [-0.15, -0.1) is 0 Å². The molecule has 0 aliphatic carbocycles. The van der Waals surface area contributed by atoms with Crippen LogP contribution in [0.25, 0.3) is 0 Å². The first kappa shape index (κ1) is 14.1. The summed E-state index contributed by atoms with van der Waals surface area (Å²) in [5.74, 6) is 0. The fourth-order valence-corrected chi connectivity index (χ4v) is 2.42. The monoisotopic (exact) mass is 283 g/mol. The van der Waals surface area contributed by atoms with Gasteiger partial charge in [-0.3, -0.25) is 10.9 Å². The van der Waals surface area contributed by atoms with E-state index in [-0.39, 0.29) is 23.0 Å². The Morgan fingerprint density at radius 2 is 1.63 bits per heavy atom. The fraction of sp³-hybridized carbons (Fsp3) is 0.455. The number of hydrazine groups is 1. The third-order valence-corrected chi connectivity index (χ3v) is 3.96. The lowest BCUT2D eigenvalue weighted by Crippen LogP contribution is -2.30. The highest BCUT2D eigenvalue weighted by molar-refractivity contribution is 7.89. The highest BCUT2D eigenvalue weighted by Gasteiger charge is 2.29. The van der Waals surface area contributed by atoms with Crippen LogP contribution in [0.2, 0.25) is 0 Å². The van der Waals surface area contributed by atoms with Crippen LogP contribution in [-0.2, 0) is 10.0 Å². The van der Waals surface area contributed by atoms with Crippen molar-refractivity contribution in [2.75, 3.05) is 0 Å². The molecule has 2 unspecified atom stereocenters. The number of azo groups is 1. The minimum atomic E-state index is -3.66. The average molecular weight is 283 g/mol. The number of benzene rings is 1. The summed E-state index contributed by atoms with van der Waals surface area (Å²) in [4.78, 5) is 0.0670. The van der Waals surface area contributed by atoms with Crippen molar-refractivity contribution >= 4 is 15.7 Å². The van der Waals surface area contributed by atoms with E-state index in [9.17, 15) is 8.42 Å². The number of primary sulfonamides is 1. The Morgan fingerprint density at radius 3 is 2.11 bits per heavy atom. The largest absolute Gasteiger partial charge is 0.252 e. The van der Waals surface area contributed by atoms with E-state index in [2.05, 4.69) is 21.1 Å². The molecule has 0 radical (unpaired) electrons. The molecule has 8 heteroatoms. The standard InChI is InChI=1S/C11H17N5O2S/c1-7-11(8(2)14-13-7)16-15-9-3-5-10(6-4-9)19(12,17)18/h3-8,11,13-14H,1-2H3,(H2,12,17,18). The van der Waals surface area contributed by atoms with Crippen molar-refractivity contribution < 1.29 is 8.42 Å². The summed E-state index contributed by atoms with van der Waals surface area (Å²) in [7, 11) is -3.66. The quantitative estimate of drug-likeness (QED) is 0.708. The van der Waals surface area contributed by atoms with Crippen LogP contribution in [0, 0.1) is 0 Å². The third-order valence-electron chi connectivity index (χ3n) is 3.04. The predicted molar refractivity (Wildman–Crippen MR) is 71.3 cm³/mol. The lowest BCUT2D eigenvalue weighted by Gasteiger charge is -2.10. The zero-order valence-corrected chi connectivity index (χ0v) is 11.6. The first-order chi connectivity index (χ1) is 8.88. The molecule has 1 heterocycles. The molecule has 1 saturated heterocycles. The smallest absolute Gasteiger partial charge is 0.238 e. The SMILES string of the molecule is CC1NNC(C)C1N=Nc1ccc(S(N)(=O)=O)cc1. The molecule has 7 nitrogen and oxygen atoms in total. The number of sulfonamides is 1. The van der Waals surface area contributed by atoms with Gasteiger partial charge in [0.05, 0.1) is 10.6 Å². The molecule has 1 aliphatic rings. The molecule has 0 bridgehead atoms. The Hall–Kier alpha value is -1.35. The number of rotatable bonds is 3. The van der Waals surface area contributed by atoms with Crippen LogP contribution in [-0.4, -0.2) is 26.5 Å². The van der Waals surface area contributed by atoms with Gasteiger partial charge in [0.2, 0.25) is 10.0 Å². The molecular weight excluding hydrogens is 266 g/mol. The highest BCUT2D eigenvalue weighted by atomic mass is 32.2. The summed E-state index contributed by atoms with van der Waals surface area (Å²) >= 11 is 0.